The molecular formula is C24H18FN3O6. The molecule has 0 fully saturated rings. The van der Waals surface area contributed by atoms with E-state index in [0.29, 0.717) is 17.1 Å². The normalized spacial score (nSPS) is 10.8. The standard InChI is InChI=1S/C24H18FN3O6/c1-33-23-11-16(4-9-22(23)34-14-15-2-5-18(25)6-3-15)10-17(13-26)24(30)27-20-8-7-19(28(31)32)12-21(20)29/h2-12,29H,14H2,1H3,(H,27,30)/b17-10+. The predicted octanol–water partition coefficient (Wildman–Crippen LogP) is 4.57. The zero-order chi connectivity index (χ0) is 24.7. The first kappa shape index (κ1) is 23.7. The minimum Gasteiger partial charge on any atom is -0.506 e. The Morgan fingerprint density at radius 1 is 1.18 bits per heavy atom. The molecule has 0 saturated carbocycles. The van der Waals surface area contributed by atoms with Crippen LogP contribution in [0.1, 0.15) is 11.1 Å². The largest absolute Gasteiger partial charge is 0.506 e. The number of phenols is 1. The molecule has 3 rings (SSSR count). The van der Waals surface area contributed by atoms with E-state index in [-0.39, 0.29) is 29.4 Å². The van der Waals surface area contributed by atoms with Gasteiger partial charge in [0.25, 0.3) is 11.6 Å². The van der Waals surface area contributed by atoms with Crippen LogP contribution in [0.5, 0.6) is 17.2 Å². The van der Waals surface area contributed by atoms with Crippen molar-refractivity contribution in [2.45, 2.75) is 6.61 Å². The quantitative estimate of drug-likeness (QED) is 0.164. The number of ether oxygens (including phenoxy) is 2. The van der Waals surface area contributed by atoms with Gasteiger partial charge in [0.05, 0.1) is 23.8 Å². The van der Waals surface area contributed by atoms with Crippen molar-refractivity contribution in [2.24, 2.45) is 0 Å². The summed E-state index contributed by atoms with van der Waals surface area (Å²) >= 11 is 0. The third-order valence-electron chi connectivity index (χ3n) is 4.61. The third-order valence-corrected chi connectivity index (χ3v) is 4.61. The monoisotopic (exact) mass is 463 g/mol. The summed E-state index contributed by atoms with van der Waals surface area (Å²) in [4.78, 5) is 22.6. The van der Waals surface area contributed by atoms with Crippen molar-refractivity contribution >= 4 is 23.4 Å². The van der Waals surface area contributed by atoms with Crippen LogP contribution in [0.4, 0.5) is 15.8 Å². The van der Waals surface area contributed by atoms with Crippen molar-refractivity contribution in [1.82, 2.24) is 0 Å². The summed E-state index contributed by atoms with van der Waals surface area (Å²) in [6, 6.07) is 15.6. The van der Waals surface area contributed by atoms with Crippen molar-refractivity contribution in [3.05, 3.63) is 93.3 Å². The Labute approximate surface area is 193 Å². The fourth-order valence-corrected chi connectivity index (χ4v) is 2.88. The molecule has 0 spiro atoms. The van der Waals surface area contributed by atoms with Crippen molar-refractivity contribution < 1.29 is 28.7 Å². The third kappa shape index (κ3) is 5.86. The Bertz CT molecular complexity index is 1300. The molecule has 9 nitrogen and oxygen atoms in total. The second-order valence-electron chi connectivity index (χ2n) is 6.91. The molecule has 0 aliphatic heterocycles. The average Bonchev–Trinajstić information content (AvgIpc) is 2.83. The molecule has 0 unspecified atom stereocenters. The number of hydrogen-bond donors (Lipinski definition) is 2. The number of nitro groups is 1. The molecule has 10 heteroatoms. The average molecular weight is 463 g/mol. The lowest BCUT2D eigenvalue weighted by Gasteiger charge is -2.12. The smallest absolute Gasteiger partial charge is 0.273 e. The summed E-state index contributed by atoms with van der Waals surface area (Å²) in [6.45, 7) is 0.177. The highest BCUT2D eigenvalue weighted by Gasteiger charge is 2.15. The van der Waals surface area contributed by atoms with Gasteiger partial charge in [-0.05, 0) is 47.5 Å². The minimum atomic E-state index is -0.817. The number of halogens is 1. The van der Waals surface area contributed by atoms with Gasteiger partial charge in [0.15, 0.2) is 11.5 Å². The van der Waals surface area contributed by atoms with Crippen LogP contribution in [0.25, 0.3) is 6.08 Å². The van der Waals surface area contributed by atoms with Crippen LogP contribution in [0.2, 0.25) is 0 Å². The summed E-state index contributed by atoms with van der Waals surface area (Å²) in [5, 5.41) is 32.4. The van der Waals surface area contributed by atoms with E-state index in [2.05, 4.69) is 5.32 Å². The van der Waals surface area contributed by atoms with Crippen LogP contribution < -0.4 is 14.8 Å². The molecule has 172 valence electrons. The Hall–Kier alpha value is -4.91. The lowest BCUT2D eigenvalue weighted by atomic mass is 10.1. The first-order valence-corrected chi connectivity index (χ1v) is 9.76. The summed E-state index contributed by atoms with van der Waals surface area (Å²) in [5.41, 5.74) is 0.509. The van der Waals surface area contributed by atoms with Gasteiger partial charge in [0.2, 0.25) is 0 Å². The molecule has 1 amide bonds. The minimum absolute atomic E-state index is 0.0844. The van der Waals surface area contributed by atoms with E-state index in [0.717, 1.165) is 23.8 Å². The molecule has 3 aromatic rings. The highest BCUT2D eigenvalue weighted by molar-refractivity contribution is 6.10. The summed E-state index contributed by atoms with van der Waals surface area (Å²) < 4.78 is 24.1. The second-order valence-corrected chi connectivity index (χ2v) is 6.91. The van der Waals surface area contributed by atoms with E-state index >= 15 is 0 Å². The van der Waals surface area contributed by atoms with Crippen LogP contribution >= 0.6 is 0 Å². The van der Waals surface area contributed by atoms with E-state index in [1.807, 2.05) is 0 Å². The Morgan fingerprint density at radius 3 is 2.53 bits per heavy atom. The van der Waals surface area contributed by atoms with E-state index in [9.17, 15) is 29.7 Å². The van der Waals surface area contributed by atoms with Crippen LogP contribution in [0.3, 0.4) is 0 Å². The number of carbonyl (C=O) groups excluding carboxylic acids is 1. The zero-order valence-corrected chi connectivity index (χ0v) is 17.8. The molecule has 0 radical (unpaired) electrons. The van der Waals surface area contributed by atoms with Crippen molar-refractivity contribution in [3.8, 4) is 23.3 Å². The maximum atomic E-state index is 13.0. The number of nitriles is 1. The molecule has 0 aliphatic rings. The molecule has 0 bridgehead atoms. The highest BCUT2D eigenvalue weighted by Crippen LogP contribution is 2.31. The number of anilines is 1. The van der Waals surface area contributed by atoms with Crippen LogP contribution in [0, 0.1) is 27.3 Å². The van der Waals surface area contributed by atoms with Gasteiger partial charge in [-0.15, -0.1) is 0 Å². The first-order chi connectivity index (χ1) is 16.3. The summed E-state index contributed by atoms with van der Waals surface area (Å²) in [5.74, 6) is -0.922. The number of nitrogens with zero attached hydrogens (tertiary/aromatic N) is 2. The van der Waals surface area contributed by atoms with Crippen molar-refractivity contribution in [2.75, 3.05) is 12.4 Å². The number of rotatable bonds is 8. The zero-order valence-electron chi connectivity index (χ0n) is 17.8. The van der Waals surface area contributed by atoms with E-state index < -0.39 is 16.6 Å². The number of nitrogens with one attached hydrogen (secondary N) is 1. The number of carbonyl (C=O) groups is 1. The van der Waals surface area contributed by atoms with E-state index in [4.69, 9.17) is 9.47 Å². The Balaban J connectivity index is 1.75. The van der Waals surface area contributed by atoms with Gasteiger partial charge >= 0.3 is 0 Å². The molecule has 3 aromatic carbocycles. The Kier molecular flexibility index (Phi) is 7.41. The lowest BCUT2D eigenvalue weighted by Crippen LogP contribution is -2.13. The van der Waals surface area contributed by atoms with Gasteiger partial charge in [-0.3, -0.25) is 14.9 Å². The van der Waals surface area contributed by atoms with Crippen LogP contribution in [-0.4, -0.2) is 23.0 Å². The van der Waals surface area contributed by atoms with Gasteiger partial charge in [0, 0.05) is 6.07 Å². The number of amides is 1. The molecule has 0 aromatic heterocycles. The fraction of sp³-hybridized carbons (Fsp3) is 0.0833. The van der Waals surface area contributed by atoms with Gasteiger partial charge < -0.3 is 19.9 Å². The van der Waals surface area contributed by atoms with Gasteiger partial charge in [-0.1, -0.05) is 18.2 Å². The molecule has 0 aliphatic carbocycles. The number of non-ortho nitro benzene ring substituents is 1. The van der Waals surface area contributed by atoms with Crippen molar-refractivity contribution in [3.63, 3.8) is 0 Å². The maximum Gasteiger partial charge on any atom is 0.273 e. The molecule has 34 heavy (non-hydrogen) atoms. The number of phenolic OH excluding ortho intramolecular Hbond substituents is 1. The molecule has 0 saturated heterocycles. The van der Waals surface area contributed by atoms with E-state index in [1.165, 1.54) is 25.3 Å². The molecule has 0 heterocycles. The maximum absolute atomic E-state index is 13.0. The number of nitro benzene ring substituents is 1. The predicted molar refractivity (Wildman–Crippen MR) is 121 cm³/mol. The highest BCUT2D eigenvalue weighted by atomic mass is 19.1. The SMILES string of the molecule is COc1cc(/C=C(\C#N)C(=O)Nc2ccc([N+](=O)[O-])cc2O)ccc1OCc1ccc(F)cc1. The number of hydrogen-bond acceptors (Lipinski definition) is 7. The number of methoxy groups -OCH3 is 1. The summed E-state index contributed by atoms with van der Waals surface area (Å²) in [6.07, 6.45) is 1.31. The molecule has 0 atom stereocenters. The van der Waals surface area contributed by atoms with Gasteiger partial charge in [0.1, 0.15) is 29.8 Å². The Morgan fingerprint density at radius 2 is 1.91 bits per heavy atom. The lowest BCUT2D eigenvalue weighted by molar-refractivity contribution is -0.384. The first-order valence-electron chi connectivity index (χ1n) is 9.76. The fourth-order valence-electron chi connectivity index (χ4n) is 2.88. The number of benzene rings is 3. The van der Waals surface area contributed by atoms with Gasteiger partial charge in [-0.25, -0.2) is 4.39 Å². The van der Waals surface area contributed by atoms with Gasteiger partial charge in [-0.2, -0.15) is 5.26 Å². The molecule has 2 N–H and O–H groups in total. The summed E-state index contributed by atoms with van der Waals surface area (Å²) in [7, 11) is 1.43. The van der Waals surface area contributed by atoms with Crippen LogP contribution in [0.15, 0.2) is 66.2 Å². The van der Waals surface area contributed by atoms with Crippen molar-refractivity contribution in [1.29, 1.82) is 5.26 Å². The number of aromatic hydroxyl groups is 1. The molecular weight excluding hydrogens is 445 g/mol. The van der Waals surface area contributed by atoms with E-state index in [1.54, 1.807) is 36.4 Å². The topological polar surface area (TPSA) is 135 Å². The van der Waals surface area contributed by atoms with Crippen LogP contribution in [-0.2, 0) is 11.4 Å². The second kappa shape index (κ2) is 10.6.